The zero-order chi connectivity index (χ0) is 24.3. The minimum absolute atomic E-state index is 0.0649. The topological polar surface area (TPSA) is 96.0 Å². The van der Waals surface area contributed by atoms with Crippen LogP contribution in [0.3, 0.4) is 0 Å². The molecule has 10 heteroatoms. The molecule has 2 amide bonds. The van der Waals surface area contributed by atoms with Crippen molar-refractivity contribution >= 4 is 38.9 Å². The summed E-state index contributed by atoms with van der Waals surface area (Å²) in [6, 6.07) is 17.3. The number of hydrogen-bond acceptors (Lipinski definition) is 5. The van der Waals surface area contributed by atoms with E-state index < -0.39 is 34.2 Å². The van der Waals surface area contributed by atoms with Crippen LogP contribution < -0.4 is 19.3 Å². The molecule has 0 atom stereocenters. The molecule has 4 rings (SSSR count). The van der Waals surface area contributed by atoms with Crippen molar-refractivity contribution in [3.05, 3.63) is 78.6 Å². The number of fused-ring (bicyclic) bond motifs is 1. The van der Waals surface area contributed by atoms with Crippen molar-refractivity contribution in [1.82, 2.24) is 0 Å². The molecule has 3 aromatic rings. The van der Waals surface area contributed by atoms with Crippen LogP contribution in [0.2, 0.25) is 0 Å². The van der Waals surface area contributed by atoms with Crippen LogP contribution in [0.15, 0.2) is 77.7 Å². The Bertz CT molecular complexity index is 1310. The van der Waals surface area contributed by atoms with Crippen LogP contribution in [0.1, 0.15) is 6.92 Å². The van der Waals surface area contributed by atoms with E-state index in [0.717, 1.165) is 16.4 Å². The van der Waals surface area contributed by atoms with E-state index in [2.05, 4.69) is 5.32 Å². The highest BCUT2D eigenvalue weighted by Gasteiger charge is 2.32. The van der Waals surface area contributed by atoms with E-state index in [9.17, 15) is 22.4 Å². The molecule has 0 aromatic heterocycles. The summed E-state index contributed by atoms with van der Waals surface area (Å²) >= 11 is 0. The Labute approximate surface area is 196 Å². The maximum atomic E-state index is 13.6. The van der Waals surface area contributed by atoms with E-state index in [1.165, 1.54) is 41.3 Å². The van der Waals surface area contributed by atoms with Gasteiger partial charge in [0.1, 0.15) is 24.7 Å². The van der Waals surface area contributed by atoms with E-state index in [1.807, 2.05) is 6.92 Å². The van der Waals surface area contributed by atoms with Gasteiger partial charge in [-0.3, -0.25) is 18.8 Å². The third kappa shape index (κ3) is 4.72. The van der Waals surface area contributed by atoms with Gasteiger partial charge in [-0.05, 0) is 67.6 Å². The first-order valence-corrected chi connectivity index (χ1v) is 11.9. The van der Waals surface area contributed by atoms with Crippen molar-refractivity contribution in [2.75, 3.05) is 34.2 Å². The highest BCUT2D eigenvalue weighted by Crippen LogP contribution is 2.30. The van der Waals surface area contributed by atoms with Crippen molar-refractivity contribution in [2.24, 2.45) is 0 Å². The van der Waals surface area contributed by atoms with Gasteiger partial charge in [0.2, 0.25) is 11.8 Å². The van der Waals surface area contributed by atoms with E-state index in [1.54, 1.807) is 24.3 Å². The summed E-state index contributed by atoms with van der Waals surface area (Å²) in [6.07, 6.45) is 0. The van der Waals surface area contributed by atoms with E-state index >= 15 is 0 Å². The van der Waals surface area contributed by atoms with Gasteiger partial charge in [0.15, 0.2) is 0 Å². The van der Waals surface area contributed by atoms with Crippen LogP contribution >= 0.6 is 0 Å². The van der Waals surface area contributed by atoms with Gasteiger partial charge in [0, 0.05) is 0 Å². The van der Waals surface area contributed by atoms with Crippen molar-refractivity contribution < 1.29 is 27.1 Å². The second-order valence-electron chi connectivity index (χ2n) is 7.44. The Kier molecular flexibility index (Phi) is 6.51. The molecule has 0 saturated carbocycles. The molecular formula is C24H22FN3O5S. The number of sulfonamides is 1. The number of carbonyl (C=O) groups is 2. The lowest BCUT2D eigenvalue weighted by atomic mass is 10.2. The number of ether oxygens (including phenoxy) is 1. The van der Waals surface area contributed by atoms with Crippen molar-refractivity contribution in [3.8, 4) is 5.75 Å². The minimum atomic E-state index is -4.22. The van der Waals surface area contributed by atoms with E-state index in [0.29, 0.717) is 23.7 Å². The third-order valence-electron chi connectivity index (χ3n) is 5.19. The molecule has 34 heavy (non-hydrogen) atoms. The number of rotatable bonds is 7. The van der Waals surface area contributed by atoms with Gasteiger partial charge in [-0.25, -0.2) is 12.8 Å². The van der Waals surface area contributed by atoms with E-state index in [4.69, 9.17) is 4.74 Å². The predicted molar refractivity (Wildman–Crippen MR) is 126 cm³/mol. The molecule has 1 heterocycles. The Morgan fingerprint density at radius 2 is 1.74 bits per heavy atom. The summed E-state index contributed by atoms with van der Waals surface area (Å²) < 4.78 is 46.9. The van der Waals surface area contributed by atoms with Gasteiger partial charge in [-0.15, -0.1) is 0 Å². The molecule has 0 unspecified atom stereocenters. The molecule has 8 nitrogen and oxygen atoms in total. The second-order valence-corrected chi connectivity index (χ2v) is 9.30. The maximum absolute atomic E-state index is 13.6. The molecular weight excluding hydrogens is 461 g/mol. The standard InChI is InChI=1S/C24H22FN3O5S/c1-2-33-19-11-13-20(14-12-19)34(31,32)28(18-9-7-17(25)8-10-18)16-24(30)27-15-23(29)26-21-5-3-4-6-22(21)27/h3-14H,2,15-16H2,1H3,(H,26,29). The van der Waals surface area contributed by atoms with Crippen molar-refractivity contribution in [2.45, 2.75) is 11.8 Å². The maximum Gasteiger partial charge on any atom is 0.264 e. The van der Waals surface area contributed by atoms with Crippen LogP contribution in [0.5, 0.6) is 5.75 Å². The van der Waals surface area contributed by atoms with Gasteiger partial charge in [0.25, 0.3) is 10.0 Å². The summed E-state index contributed by atoms with van der Waals surface area (Å²) in [7, 11) is -4.22. The van der Waals surface area contributed by atoms with Gasteiger partial charge < -0.3 is 10.1 Å². The van der Waals surface area contributed by atoms with Gasteiger partial charge in [-0.2, -0.15) is 0 Å². The number of hydrogen-bond donors (Lipinski definition) is 1. The quantitative estimate of drug-likeness (QED) is 0.556. The molecule has 0 bridgehead atoms. The number of halogens is 1. The van der Waals surface area contributed by atoms with Crippen LogP contribution in [-0.4, -0.2) is 39.9 Å². The summed E-state index contributed by atoms with van der Waals surface area (Å²) in [5.74, 6) is -1.05. The fourth-order valence-corrected chi connectivity index (χ4v) is 5.00. The lowest BCUT2D eigenvalue weighted by Gasteiger charge is -2.31. The summed E-state index contributed by atoms with van der Waals surface area (Å²) in [5.41, 5.74) is 1.03. The fraction of sp³-hybridized carbons (Fsp3) is 0.167. The number of amides is 2. The predicted octanol–water partition coefficient (Wildman–Crippen LogP) is 3.41. The largest absolute Gasteiger partial charge is 0.494 e. The number of para-hydroxylation sites is 2. The Morgan fingerprint density at radius 1 is 1.06 bits per heavy atom. The van der Waals surface area contributed by atoms with Crippen molar-refractivity contribution in [3.63, 3.8) is 0 Å². The first-order chi connectivity index (χ1) is 16.3. The highest BCUT2D eigenvalue weighted by molar-refractivity contribution is 7.92. The zero-order valence-electron chi connectivity index (χ0n) is 18.3. The number of anilines is 3. The molecule has 1 aliphatic rings. The van der Waals surface area contributed by atoms with Gasteiger partial charge in [-0.1, -0.05) is 12.1 Å². The highest BCUT2D eigenvalue weighted by atomic mass is 32.2. The lowest BCUT2D eigenvalue weighted by Crippen LogP contribution is -2.48. The van der Waals surface area contributed by atoms with Crippen LogP contribution in [0.25, 0.3) is 0 Å². The SMILES string of the molecule is CCOc1ccc(S(=O)(=O)N(CC(=O)N2CC(=O)Nc3ccccc32)c2ccc(F)cc2)cc1. The van der Waals surface area contributed by atoms with Gasteiger partial charge >= 0.3 is 0 Å². The number of carbonyl (C=O) groups excluding carboxylic acids is 2. The van der Waals surface area contributed by atoms with Crippen LogP contribution in [0.4, 0.5) is 21.5 Å². The minimum Gasteiger partial charge on any atom is -0.494 e. The summed E-state index contributed by atoms with van der Waals surface area (Å²) in [5, 5.41) is 2.69. The Morgan fingerprint density at radius 3 is 2.41 bits per heavy atom. The van der Waals surface area contributed by atoms with Gasteiger partial charge in [0.05, 0.1) is 28.6 Å². The van der Waals surface area contributed by atoms with Crippen LogP contribution in [-0.2, 0) is 19.6 Å². The Balaban J connectivity index is 1.70. The molecule has 0 radical (unpaired) electrons. The summed E-state index contributed by atoms with van der Waals surface area (Å²) in [6.45, 7) is 1.39. The van der Waals surface area contributed by atoms with Crippen molar-refractivity contribution in [1.29, 1.82) is 0 Å². The smallest absolute Gasteiger partial charge is 0.264 e. The average Bonchev–Trinajstić information content (AvgIpc) is 2.83. The first kappa shape index (κ1) is 23.2. The monoisotopic (exact) mass is 483 g/mol. The normalized spacial score (nSPS) is 13.1. The summed E-state index contributed by atoms with van der Waals surface area (Å²) in [4.78, 5) is 26.6. The number of nitrogens with one attached hydrogen (secondary N) is 1. The molecule has 0 aliphatic carbocycles. The first-order valence-electron chi connectivity index (χ1n) is 10.5. The number of nitrogens with zero attached hydrogens (tertiary/aromatic N) is 2. The lowest BCUT2D eigenvalue weighted by molar-refractivity contribution is -0.121. The molecule has 1 aliphatic heterocycles. The molecule has 176 valence electrons. The number of benzene rings is 3. The molecule has 0 saturated heterocycles. The zero-order valence-corrected chi connectivity index (χ0v) is 19.1. The molecule has 3 aromatic carbocycles. The fourth-order valence-electron chi connectivity index (χ4n) is 3.59. The molecule has 1 N–H and O–H groups in total. The molecule has 0 spiro atoms. The van der Waals surface area contributed by atoms with E-state index in [-0.39, 0.29) is 17.1 Å². The third-order valence-corrected chi connectivity index (χ3v) is 6.98. The van der Waals surface area contributed by atoms with Crippen LogP contribution in [0, 0.1) is 5.82 Å². The molecule has 0 fully saturated rings. The average molecular weight is 484 g/mol. The second kappa shape index (κ2) is 9.52. The Hall–Kier alpha value is -3.92.